The van der Waals surface area contributed by atoms with E-state index in [1.54, 1.807) is 6.20 Å². The number of aromatic nitrogens is 2. The second-order valence-corrected chi connectivity index (χ2v) is 3.27. The first-order chi connectivity index (χ1) is 6.65. The Labute approximate surface area is 80.8 Å². The third kappa shape index (κ3) is 1.59. The molecule has 4 nitrogen and oxygen atoms in total. The van der Waals surface area contributed by atoms with Crippen LogP contribution in [0.2, 0.25) is 0 Å². The van der Waals surface area contributed by atoms with Crippen molar-refractivity contribution in [1.29, 1.82) is 0 Å². The molecule has 2 heterocycles. The minimum absolute atomic E-state index is 0.0271. The summed E-state index contributed by atoms with van der Waals surface area (Å²) in [5, 5.41) is 8.60. The lowest BCUT2D eigenvalue weighted by molar-refractivity contribution is -0.136. The molecule has 0 aliphatic carbocycles. The molecule has 0 fully saturated rings. The number of pyridine rings is 1. The van der Waals surface area contributed by atoms with E-state index in [1.807, 2.05) is 29.7 Å². The lowest BCUT2D eigenvalue weighted by atomic mass is 10.3. The smallest absolute Gasteiger partial charge is 0.309 e. The first-order valence-electron chi connectivity index (χ1n) is 4.31. The molecule has 0 bridgehead atoms. The van der Waals surface area contributed by atoms with Gasteiger partial charge in [0.15, 0.2) is 0 Å². The van der Waals surface area contributed by atoms with Crippen LogP contribution < -0.4 is 0 Å². The van der Waals surface area contributed by atoms with Crippen LogP contribution in [0.5, 0.6) is 0 Å². The van der Waals surface area contributed by atoms with Crippen LogP contribution in [0.1, 0.15) is 11.3 Å². The molecule has 0 radical (unpaired) electrons. The van der Waals surface area contributed by atoms with Crippen molar-refractivity contribution in [3.8, 4) is 0 Å². The number of aliphatic carboxylic acids is 1. The summed E-state index contributed by atoms with van der Waals surface area (Å²) in [5.74, 6) is -0.856. The molecular formula is C10H10N2O2. The van der Waals surface area contributed by atoms with Gasteiger partial charge >= 0.3 is 5.97 Å². The molecule has 2 aromatic heterocycles. The zero-order chi connectivity index (χ0) is 10.1. The van der Waals surface area contributed by atoms with Crippen molar-refractivity contribution in [3.63, 3.8) is 0 Å². The molecule has 2 rings (SSSR count). The Bertz CT molecular complexity index is 488. The maximum Gasteiger partial charge on any atom is 0.309 e. The van der Waals surface area contributed by atoms with Crippen molar-refractivity contribution in [2.45, 2.75) is 13.3 Å². The van der Waals surface area contributed by atoms with Gasteiger partial charge in [0.1, 0.15) is 5.65 Å². The minimum Gasteiger partial charge on any atom is -0.481 e. The molecule has 72 valence electrons. The van der Waals surface area contributed by atoms with Crippen molar-refractivity contribution < 1.29 is 9.90 Å². The number of fused-ring (bicyclic) bond motifs is 1. The second kappa shape index (κ2) is 3.14. The van der Waals surface area contributed by atoms with Crippen LogP contribution >= 0.6 is 0 Å². The highest BCUT2D eigenvalue weighted by molar-refractivity contribution is 5.69. The molecule has 0 unspecified atom stereocenters. The lowest BCUT2D eigenvalue weighted by Gasteiger charge is -1.93. The van der Waals surface area contributed by atoms with E-state index in [0.717, 1.165) is 11.2 Å². The highest BCUT2D eigenvalue weighted by atomic mass is 16.4. The number of carbonyl (C=O) groups is 1. The average Bonchev–Trinajstić information content (AvgIpc) is 2.44. The van der Waals surface area contributed by atoms with Crippen LogP contribution in [0.4, 0.5) is 0 Å². The van der Waals surface area contributed by atoms with Gasteiger partial charge in [0, 0.05) is 12.4 Å². The maximum absolute atomic E-state index is 10.5. The fraction of sp³-hybridized carbons (Fsp3) is 0.200. The Morgan fingerprint density at radius 3 is 3.00 bits per heavy atom. The molecule has 0 saturated carbocycles. The topological polar surface area (TPSA) is 54.6 Å². The molecule has 0 aromatic carbocycles. The monoisotopic (exact) mass is 190 g/mol. The Kier molecular flexibility index (Phi) is 1.96. The summed E-state index contributed by atoms with van der Waals surface area (Å²) in [5.41, 5.74) is 2.49. The highest BCUT2D eigenvalue weighted by Crippen LogP contribution is 2.07. The van der Waals surface area contributed by atoms with Crippen LogP contribution in [0.25, 0.3) is 5.65 Å². The number of rotatable bonds is 2. The van der Waals surface area contributed by atoms with E-state index in [9.17, 15) is 4.79 Å². The number of carboxylic acid groups (broad SMARTS) is 1. The Morgan fingerprint density at radius 2 is 2.29 bits per heavy atom. The summed E-state index contributed by atoms with van der Waals surface area (Å²) in [4.78, 5) is 14.6. The zero-order valence-corrected chi connectivity index (χ0v) is 7.77. The van der Waals surface area contributed by atoms with Crippen molar-refractivity contribution >= 4 is 11.6 Å². The third-order valence-electron chi connectivity index (χ3n) is 1.98. The highest BCUT2D eigenvalue weighted by Gasteiger charge is 2.05. The van der Waals surface area contributed by atoms with Crippen molar-refractivity contribution in [3.05, 3.63) is 35.8 Å². The fourth-order valence-electron chi connectivity index (χ4n) is 1.40. The molecule has 2 aromatic rings. The summed E-state index contributed by atoms with van der Waals surface area (Å²) in [6.45, 7) is 1.98. The van der Waals surface area contributed by atoms with E-state index in [4.69, 9.17) is 5.11 Å². The molecule has 14 heavy (non-hydrogen) atoms. The number of hydrogen-bond acceptors (Lipinski definition) is 2. The standard InChI is InChI=1S/C10H10N2O2/c1-7-2-3-9-11-8(4-10(13)14)6-12(9)5-7/h2-3,5-6H,4H2,1H3,(H,13,14). The summed E-state index contributed by atoms with van der Waals surface area (Å²) in [7, 11) is 0. The molecule has 0 aliphatic rings. The number of nitrogens with zero attached hydrogens (tertiary/aromatic N) is 2. The van der Waals surface area contributed by atoms with E-state index in [0.29, 0.717) is 5.69 Å². The average molecular weight is 190 g/mol. The van der Waals surface area contributed by atoms with Crippen LogP contribution in [0.15, 0.2) is 24.5 Å². The Hall–Kier alpha value is -1.84. The lowest BCUT2D eigenvalue weighted by Crippen LogP contribution is -1.99. The Balaban J connectivity index is 2.46. The summed E-state index contributed by atoms with van der Waals surface area (Å²) < 4.78 is 1.84. The molecule has 4 heteroatoms. The zero-order valence-electron chi connectivity index (χ0n) is 7.77. The SMILES string of the molecule is Cc1ccc2nc(CC(=O)O)cn2c1. The Morgan fingerprint density at radius 1 is 1.50 bits per heavy atom. The van der Waals surface area contributed by atoms with Crippen LogP contribution in [-0.2, 0) is 11.2 Å². The number of imidazole rings is 1. The van der Waals surface area contributed by atoms with Gasteiger partial charge in [-0.25, -0.2) is 4.98 Å². The molecule has 0 amide bonds. The van der Waals surface area contributed by atoms with Gasteiger partial charge in [0.2, 0.25) is 0 Å². The maximum atomic E-state index is 10.5. The molecule has 0 spiro atoms. The van der Waals surface area contributed by atoms with Crippen LogP contribution in [0, 0.1) is 6.92 Å². The van der Waals surface area contributed by atoms with E-state index >= 15 is 0 Å². The normalized spacial score (nSPS) is 10.6. The molecular weight excluding hydrogens is 180 g/mol. The van der Waals surface area contributed by atoms with Gasteiger partial charge in [0.05, 0.1) is 12.1 Å². The largest absolute Gasteiger partial charge is 0.481 e. The summed E-state index contributed by atoms with van der Waals surface area (Å²) in [6, 6.07) is 3.83. The van der Waals surface area contributed by atoms with Gasteiger partial charge in [-0.1, -0.05) is 6.07 Å². The molecule has 0 atom stereocenters. The molecule has 1 N–H and O–H groups in total. The van der Waals surface area contributed by atoms with Crippen molar-refractivity contribution in [1.82, 2.24) is 9.38 Å². The van der Waals surface area contributed by atoms with E-state index in [2.05, 4.69) is 4.98 Å². The van der Waals surface area contributed by atoms with Crippen LogP contribution in [0.3, 0.4) is 0 Å². The number of carboxylic acids is 1. The quantitative estimate of drug-likeness (QED) is 0.775. The second-order valence-electron chi connectivity index (χ2n) is 3.27. The van der Waals surface area contributed by atoms with Crippen molar-refractivity contribution in [2.24, 2.45) is 0 Å². The van der Waals surface area contributed by atoms with Gasteiger partial charge in [-0.2, -0.15) is 0 Å². The first-order valence-corrected chi connectivity index (χ1v) is 4.31. The van der Waals surface area contributed by atoms with Crippen LogP contribution in [-0.4, -0.2) is 20.5 Å². The summed E-state index contributed by atoms with van der Waals surface area (Å²) in [6.07, 6.45) is 3.64. The predicted octanol–water partition coefficient (Wildman–Crippen LogP) is 1.27. The summed E-state index contributed by atoms with van der Waals surface area (Å²) >= 11 is 0. The molecule has 0 aliphatic heterocycles. The van der Waals surface area contributed by atoms with E-state index in [1.165, 1.54) is 0 Å². The fourth-order valence-corrected chi connectivity index (χ4v) is 1.40. The number of aryl methyl sites for hydroxylation is 1. The van der Waals surface area contributed by atoms with Gasteiger partial charge in [-0.05, 0) is 18.6 Å². The first kappa shape index (κ1) is 8.74. The van der Waals surface area contributed by atoms with E-state index in [-0.39, 0.29) is 6.42 Å². The van der Waals surface area contributed by atoms with Gasteiger partial charge < -0.3 is 9.51 Å². The van der Waals surface area contributed by atoms with Gasteiger partial charge in [0.25, 0.3) is 0 Å². The predicted molar refractivity (Wildman–Crippen MR) is 51.3 cm³/mol. The van der Waals surface area contributed by atoms with Gasteiger partial charge in [-0.3, -0.25) is 4.79 Å². The minimum atomic E-state index is -0.856. The third-order valence-corrected chi connectivity index (χ3v) is 1.98. The van der Waals surface area contributed by atoms with Gasteiger partial charge in [-0.15, -0.1) is 0 Å². The van der Waals surface area contributed by atoms with Crippen molar-refractivity contribution in [2.75, 3.05) is 0 Å². The number of hydrogen-bond donors (Lipinski definition) is 1. The van der Waals surface area contributed by atoms with E-state index < -0.39 is 5.97 Å². The molecule has 0 saturated heterocycles.